The molecule has 0 saturated heterocycles. The molecule has 0 amide bonds. The smallest absolute Gasteiger partial charge is 0.262 e. The van der Waals surface area contributed by atoms with Crippen molar-refractivity contribution in [3.63, 3.8) is 0 Å². The number of nitrogens with zero attached hydrogens (tertiary/aromatic N) is 3. The van der Waals surface area contributed by atoms with E-state index in [0.29, 0.717) is 16.7 Å². The van der Waals surface area contributed by atoms with Crippen molar-refractivity contribution in [1.82, 2.24) is 9.55 Å². The third-order valence-electron chi connectivity index (χ3n) is 4.96. The highest BCUT2D eigenvalue weighted by Gasteiger charge is 2.21. The van der Waals surface area contributed by atoms with Crippen LogP contribution in [0.2, 0.25) is 0 Å². The lowest BCUT2D eigenvalue weighted by molar-refractivity contribution is 0.620. The molecule has 3 aromatic carbocycles. The van der Waals surface area contributed by atoms with E-state index in [2.05, 4.69) is 0 Å². The lowest BCUT2D eigenvalue weighted by Gasteiger charge is -2.23. The van der Waals surface area contributed by atoms with Crippen LogP contribution in [0, 0.1) is 6.92 Å². The lowest BCUT2D eigenvalue weighted by Crippen LogP contribution is -2.29. The maximum Gasteiger partial charge on any atom is 0.262 e. The summed E-state index contributed by atoms with van der Waals surface area (Å²) in [5.41, 5.74) is 3.42. The van der Waals surface area contributed by atoms with E-state index in [4.69, 9.17) is 13.0 Å². The van der Waals surface area contributed by atoms with Crippen LogP contribution < -0.4 is 10.4 Å². The first-order valence-corrected chi connectivity index (χ1v) is 9.17. The highest BCUT2D eigenvalue weighted by molar-refractivity contribution is 6.17. The quantitative estimate of drug-likeness (QED) is 0.516. The standard InChI is InChI=1S/C23H20BN3O/c1-16-25-21-14-13-19(26(2)24)15-20(21)23(28)27(16)22(17-9-5-3-6-10-17)18-11-7-4-8-12-18/h3-15,22H,1-2H3. The second-order valence-electron chi connectivity index (χ2n) is 6.87. The van der Waals surface area contributed by atoms with Gasteiger partial charge in [-0.1, -0.05) is 60.7 Å². The van der Waals surface area contributed by atoms with Gasteiger partial charge < -0.3 is 4.81 Å². The van der Waals surface area contributed by atoms with Gasteiger partial charge in [0.15, 0.2) is 0 Å². The van der Waals surface area contributed by atoms with Crippen LogP contribution >= 0.6 is 0 Å². The number of aryl methyl sites for hydroxylation is 1. The van der Waals surface area contributed by atoms with Crippen molar-refractivity contribution >= 4 is 24.6 Å². The average Bonchev–Trinajstić information content (AvgIpc) is 2.72. The van der Waals surface area contributed by atoms with Crippen LogP contribution in [0.1, 0.15) is 23.0 Å². The Morgan fingerprint density at radius 1 is 0.929 bits per heavy atom. The number of anilines is 1. The van der Waals surface area contributed by atoms with Gasteiger partial charge in [-0.2, -0.15) is 0 Å². The molecule has 0 N–H and O–H groups in total. The Labute approximate surface area is 165 Å². The number of fused-ring (bicyclic) bond motifs is 1. The minimum absolute atomic E-state index is 0.0797. The van der Waals surface area contributed by atoms with Crippen molar-refractivity contribution in [2.24, 2.45) is 0 Å². The molecule has 4 nitrogen and oxygen atoms in total. The topological polar surface area (TPSA) is 38.1 Å². The maximum atomic E-state index is 13.6. The summed E-state index contributed by atoms with van der Waals surface area (Å²) < 4.78 is 1.77. The molecule has 2 radical (unpaired) electrons. The normalized spacial score (nSPS) is 11.1. The first-order valence-electron chi connectivity index (χ1n) is 9.17. The summed E-state index contributed by atoms with van der Waals surface area (Å²) in [4.78, 5) is 19.8. The van der Waals surface area contributed by atoms with Gasteiger partial charge in [-0.3, -0.25) is 9.36 Å². The van der Waals surface area contributed by atoms with Crippen LogP contribution in [0.4, 0.5) is 5.69 Å². The van der Waals surface area contributed by atoms with E-state index in [9.17, 15) is 4.79 Å². The van der Waals surface area contributed by atoms with Gasteiger partial charge in [0.25, 0.3) is 5.56 Å². The zero-order valence-electron chi connectivity index (χ0n) is 15.9. The fourth-order valence-corrected chi connectivity index (χ4v) is 3.58. The third kappa shape index (κ3) is 3.20. The van der Waals surface area contributed by atoms with E-state index in [1.54, 1.807) is 17.7 Å². The highest BCUT2D eigenvalue weighted by atomic mass is 16.1. The molecule has 0 bridgehead atoms. The van der Waals surface area contributed by atoms with Gasteiger partial charge in [0, 0.05) is 5.69 Å². The third-order valence-corrected chi connectivity index (χ3v) is 4.96. The number of aromatic nitrogens is 2. The molecule has 1 heterocycles. The summed E-state index contributed by atoms with van der Waals surface area (Å²) in [6.07, 6.45) is 0. The largest absolute Gasteiger partial charge is 0.427 e. The van der Waals surface area contributed by atoms with Crippen LogP contribution in [-0.2, 0) is 0 Å². The Morgan fingerprint density at radius 2 is 1.50 bits per heavy atom. The molecule has 136 valence electrons. The molecule has 0 atom stereocenters. The van der Waals surface area contributed by atoms with Gasteiger partial charge >= 0.3 is 0 Å². The monoisotopic (exact) mass is 365 g/mol. The predicted octanol–water partition coefficient (Wildman–Crippen LogP) is 3.86. The SMILES string of the molecule is [B]N(C)c1ccc2nc(C)n(C(c3ccccc3)c3ccccc3)c(=O)c2c1. The van der Waals surface area contributed by atoms with E-state index < -0.39 is 0 Å². The lowest BCUT2D eigenvalue weighted by atomic mass is 9.98. The number of hydrogen-bond acceptors (Lipinski definition) is 3. The van der Waals surface area contributed by atoms with E-state index >= 15 is 0 Å². The van der Waals surface area contributed by atoms with E-state index in [0.717, 1.165) is 16.8 Å². The van der Waals surface area contributed by atoms with Crippen LogP contribution in [0.25, 0.3) is 10.9 Å². The summed E-state index contributed by atoms with van der Waals surface area (Å²) in [6, 6.07) is 25.3. The van der Waals surface area contributed by atoms with Crippen molar-refractivity contribution in [2.75, 3.05) is 11.9 Å². The zero-order chi connectivity index (χ0) is 19.7. The van der Waals surface area contributed by atoms with Crippen LogP contribution in [-0.4, -0.2) is 24.6 Å². The molecule has 0 unspecified atom stereocenters. The molecule has 0 aliphatic carbocycles. The Morgan fingerprint density at radius 3 is 2.04 bits per heavy atom. The summed E-state index contributed by atoms with van der Waals surface area (Å²) >= 11 is 0. The number of benzene rings is 3. The fourth-order valence-electron chi connectivity index (χ4n) is 3.58. The van der Waals surface area contributed by atoms with Gasteiger partial charge in [0.1, 0.15) is 5.82 Å². The predicted molar refractivity (Wildman–Crippen MR) is 115 cm³/mol. The van der Waals surface area contributed by atoms with Gasteiger partial charge in [-0.15, -0.1) is 0 Å². The molecular weight excluding hydrogens is 345 g/mol. The summed E-state index contributed by atoms with van der Waals surface area (Å²) in [7, 11) is 7.62. The molecule has 0 aliphatic heterocycles. The van der Waals surface area contributed by atoms with Crippen LogP contribution in [0.3, 0.4) is 0 Å². The van der Waals surface area contributed by atoms with Crippen molar-refractivity contribution in [3.05, 3.63) is 106 Å². The second-order valence-corrected chi connectivity index (χ2v) is 6.87. The van der Waals surface area contributed by atoms with Crippen LogP contribution in [0.15, 0.2) is 83.7 Å². The Hall–Kier alpha value is -3.34. The Balaban J connectivity index is 2.02. The molecule has 4 rings (SSSR count). The Bertz CT molecular complexity index is 1130. The zero-order valence-corrected chi connectivity index (χ0v) is 15.9. The molecule has 5 heteroatoms. The molecule has 0 aliphatic rings. The first-order chi connectivity index (χ1) is 13.6. The molecule has 28 heavy (non-hydrogen) atoms. The summed E-state index contributed by atoms with van der Waals surface area (Å²) in [6.45, 7) is 1.88. The van der Waals surface area contributed by atoms with E-state index in [1.807, 2.05) is 79.7 Å². The first kappa shape index (κ1) is 18.0. The highest BCUT2D eigenvalue weighted by Crippen LogP contribution is 2.27. The Kier molecular flexibility index (Phi) is 4.74. The van der Waals surface area contributed by atoms with Gasteiger partial charge in [0.2, 0.25) is 7.98 Å². The maximum absolute atomic E-state index is 13.6. The van der Waals surface area contributed by atoms with E-state index in [1.165, 1.54) is 4.81 Å². The van der Waals surface area contributed by atoms with Crippen molar-refractivity contribution in [3.8, 4) is 0 Å². The number of hydrogen-bond donors (Lipinski definition) is 0. The number of rotatable bonds is 4. The van der Waals surface area contributed by atoms with Crippen LogP contribution in [0.5, 0.6) is 0 Å². The fraction of sp³-hybridized carbons (Fsp3) is 0.130. The molecule has 0 fully saturated rings. The van der Waals surface area contributed by atoms with Gasteiger partial charge in [-0.25, -0.2) is 4.98 Å². The van der Waals surface area contributed by atoms with Gasteiger partial charge in [-0.05, 0) is 43.3 Å². The van der Waals surface area contributed by atoms with Crippen molar-refractivity contribution in [2.45, 2.75) is 13.0 Å². The average molecular weight is 365 g/mol. The van der Waals surface area contributed by atoms with E-state index in [-0.39, 0.29) is 11.6 Å². The summed E-state index contributed by atoms with van der Waals surface area (Å²) in [5.74, 6) is 0.670. The van der Waals surface area contributed by atoms with Crippen molar-refractivity contribution < 1.29 is 0 Å². The molecule has 0 spiro atoms. The van der Waals surface area contributed by atoms with Crippen molar-refractivity contribution in [1.29, 1.82) is 0 Å². The summed E-state index contributed by atoms with van der Waals surface area (Å²) in [5, 5.41) is 0.553. The molecular formula is C23H20BN3O. The van der Waals surface area contributed by atoms with Gasteiger partial charge in [0.05, 0.1) is 16.9 Å². The minimum Gasteiger partial charge on any atom is -0.427 e. The second kappa shape index (κ2) is 7.35. The molecule has 0 saturated carbocycles. The molecule has 1 aromatic heterocycles. The molecule has 4 aromatic rings. The minimum atomic E-state index is -0.258.